The first kappa shape index (κ1) is 17.4. The molecule has 0 aliphatic carbocycles. The average molecular weight is 331 g/mol. The van der Waals surface area contributed by atoms with Crippen LogP contribution in [0.5, 0.6) is 0 Å². The molecule has 1 aromatic heterocycles. The molecule has 0 saturated carbocycles. The van der Waals surface area contributed by atoms with Crippen molar-refractivity contribution in [3.63, 3.8) is 0 Å². The minimum atomic E-state index is -1.10. The predicted molar refractivity (Wildman–Crippen MR) is 91.6 cm³/mol. The molecular formula is C18H21NO3S. The van der Waals surface area contributed by atoms with Crippen LogP contribution in [0.4, 0.5) is 0 Å². The number of hydrogen-bond donors (Lipinski definition) is 2. The molecule has 1 aromatic carbocycles. The summed E-state index contributed by atoms with van der Waals surface area (Å²) in [6.07, 6.45) is 0.280. The van der Waals surface area contributed by atoms with Gasteiger partial charge in [-0.2, -0.15) is 11.3 Å². The second-order valence-electron chi connectivity index (χ2n) is 5.85. The monoisotopic (exact) mass is 331 g/mol. The van der Waals surface area contributed by atoms with Crippen LogP contribution in [0.1, 0.15) is 41.3 Å². The molecule has 2 rings (SSSR count). The Balaban J connectivity index is 1.79. The number of amides is 1. The highest BCUT2D eigenvalue weighted by molar-refractivity contribution is 7.08. The highest BCUT2D eigenvalue weighted by Crippen LogP contribution is 2.22. The normalized spacial score (nSPS) is 13.3. The van der Waals surface area contributed by atoms with Crippen LogP contribution in [0.2, 0.25) is 0 Å². The minimum absolute atomic E-state index is 0.0512. The standard InChI is InChI=1S/C18H21NO3S/c1-13-3-5-14(6-4-13)16(20)7-8-17(21)19-12-18(2,22)15-9-10-23-11-15/h3-6,9-11,22H,7-8,12H2,1-2H3,(H,19,21). The SMILES string of the molecule is Cc1ccc(C(=O)CCC(=O)NCC(C)(O)c2ccsc2)cc1. The number of aliphatic hydroxyl groups is 1. The van der Waals surface area contributed by atoms with E-state index >= 15 is 0 Å². The Labute approximate surface area is 140 Å². The third-order valence-electron chi connectivity index (χ3n) is 3.73. The number of nitrogens with one attached hydrogen (secondary N) is 1. The number of ketones is 1. The maximum Gasteiger partial charge on any atom is 0.220 e. The Morgan fingerprint density at radius 2 is 1.87 bits per heavy atom. The largest absolute Gasteiger partial charge is 0.384 e. The van der Waals surface area contributed by atoms with Crippen molar-refractivity contribution in [3.8, 4) is 0 Å². The van der Waals surface area contributed by atoms with Gasteiger partial charge in [0.25, 0.3) is 0 Å². The number of aryl methyl sites for hydroxylation is 1. The summed E-state index contributed by atoms with van der Waals surface area (Å²) in [5, 5.41) is 16.8. The van der Waals surface area contributed by atoms with Crippen LogP contribution >= 0.6 is 11.3 Å². The van der Waals surface area contributed by atoms with Gasteiger partial charge in [0.15, 0.2) is 5.78 Å². The van der Waals surface area contributed by atoms with Gasteiger partial charge in [-0.25, -0.2) is 0 Å². The predicted octanol–water partition coefficient (Wildman–Crippen LogP) is 3.04. The zero-order chi connectivity index (χ0) is 16.9. The molecule has 2 N–H and O–H groups in total. The van der Waals surface area contributed by atoms with Crippen molar-refractivity contribution in [3.05, 3.63) is 57.8 Å². The topological polar surface area (TPSA) is 66.4 Å². The summed E-state index contributed by atoms with van der Waals surface area (Å²) in [6.45, 7) is 3.75. The van der Waals surface area contributed by atoms with Gasteiger partial charge in [-0.1, -0.05) is 29.8 Å². The minimum Gasteiger partial charge on any atom is -0.384 e. The van der Waals surface area contributed by atoms with Crippen molar-refractivity contribution in [1.29, 1.82) is 0 Å². The quantitative estimate of drug-likeness (QED) is 0.766. The molecule has 1 amide bonds. The van der Waals surface area contributed by atoms with Crippen molar-refractivity contribution in [1.82, 2.24) is 5.32 Å². The molecular weight excluding hydrogens is 310 g/mol. The van der Waals surface area contributed by atoms with E-state index in [0.29, 0.717) is 5.56 Å². The van der Waals surface area contributed by atoms with Crippen LogP contribution in [-0.2, 0) is 10.4 Å². The number of thiophene rings is 1. The van der Waals surface area contributed by atoms with Crippen LogP contribution in [0.3, 0.4) is 0 Å². The van der Waals surface area contributed by atoms with E-state index in [1.807, 2.05) is 35.9 Å². The summed E-state index contributed by atoms with van der Waals surface area (Å²) in [4.78, 5) is 23.9. The zero-order valence-electron chi connectivity index (χ0n) is 13.3. The van der Waals surface area contributed by atoms with Gasteiger partial charge in [0.1, 0.15) is 5.60 Å². The van der Waals surface area contributed by atoms with E-state index in [4.69, 9.17) is 0 Å². The number of hydrogen-bond acceptors (Lipinski definition) is 4. The summed E-state index contributed by atoms with van der Waals surface area (Å²) in [7, 11) is 0. The van der Waals surface area contributed by atoms with Gasteiger partial charge in [0, 0.05) is 18.4 Å². The van der Waals surface area contributed by atoms with Crippen LogP contribution < -0.4 is 5.32 Å². The molecule has 0 aliphatic rings. The summed E-state index contributed by atoms with van der Waals surface area (Å²) in [5.74, 6) is -0.286. The number of Topliss-reactive ketones (excluding diaryl/α,β-unsaturated/α-hetero) is 1. The Bertz CT molecular complexity index is 660. The van der Waals surface area contributed by atoms with Crippen molar-refractivity contribution >= 4 is 23.0 Å². The maximum absolute atomic E-state index is 12.0. The zero-order valence-corrected chi connectivity index (χ0v) is 14.2. The van der Waals surface area contributed by atoms with E-state index in [1.54, 1.807) is 19.1 Å². The Morgan fingerprint density at radius 3 is 2.48 bits per heavy atom. The first-order valence-corrected chi connectivity index (χ1v) is 8.44. The van der Waals surface area contributed by atoms with Crippen molar-refractivity contribution < 1.29 is 14.7 Å². The van der Waals surface area contributed by atoms with Crippen LogP contribution in [-0.4, -0.2) is 23.3 Å². The number of rotatable bonds is 7. The third-order valence-corrected chi connectivity index (χ3v) is 4.41. The van der Waals surface area contributed by atoms with Gasteiger partial charge in [0.2, 0.25) is 5.91 Å². The highest BCUT2D eigenvalue weighted by Gasteiger charge is 2.24. The Morgan fingerprint density at radius 1 is 1.17 bits per heavy atom. The molecule has 1 unspecified atom stereocenters. The molecule has 1 atom stereocenters. The fourth-order valence-corrected chi connectivity index (χ4v) is 2.93. The fourth-order valence-electron chi connectivity index (χ4n) is 2.14. The third kappa shape index (κ3) is 5.01. The van der Waals surface area contributed by atoms with E-state index in [-0.39, 0.29) is 31.1 Å². The van der Waals surface area contributed by atoms with E-state index in [0.717, 1.165) is 11.1 Å². The van der Waals surface area contributed by atoms with Crippen LogP contribution in [0.25, 0.3) is 0 Å². The highest BCUT2D eigenvalue weighted by atomic mass is 32.1. The second-order valence-corrected chi connectivity index (χ2v) is 6.63. The molecule has 0 aliphatic heterocycles. The number of carbonyl (C=O) groups is 2. The van der Waals surface area contributed by atoms with Gasteiger partial charge in [0.05, 0.1) is 6.54 Å². The van der Waals surface area contributed by atoms with Crippen molar-refractivity contribution in [2.45, 2.75) is 32.3 Å². The smallest absolute Gasteiger partial charge is 0.220 e. The van der Waals surface area contributed by atoms with E-state index in [1.165, 1.54) is 11.3 Å². The van der Waals surface area contributed by atoms with E-state index in [9.17, 15) is 14.7 Å². The van der Waals surface area contributed by atoms with Gasteiger partial charge in [-0.15, -0.1) is 0 Å². The molecule has 0 bridgehead atoms. The molecule has 0 saturated heterocycles. The van der Waals surface area contributed by atoms with Crippen molar-refractivity contribution in [2.75, 3.05) is 6.54 Å². The van der Waals surface area contributed by atoms with E-state index < -0.39 is 5.60 Å². The number of carbonyl (C=O) groups excluding carboxylic acids is 2. The lowest BCUT2D eigenvalue weighted by molar-refractivity contribution is -0.122. The van der Waals surface area contributed by atoms with Gasteiger partial charge in [-0.05, 0) is 36.2 Å². The second kappa shape index (κ2) is 7.53. The molecule has 2 aromatic rings. The molecule has 1 heterocycles. The molecule has 5 heteroatoms. The summed E-state index contributed by atoms with van der Waals surface area (Å²) in [6, 6.07) is 9.14. The molecule has 4 nitrogen and oxygen atoms in total. The first-order chi connectivity index (χ1) is 10.9. The molecule has 0 spiro atoms. The van der Waals surface area contributed by atoms with Crippen molar-refractivity contribution in [2.24, 2.45) is 0 Å². The first-order valence-electron chi connectivity index (χ1n) is 7.50. The molecule has 0 radical (unpaired) electrons. The van der Waals surface area contributed by atoms with Crippen LogP contribution in [0, 0.1) is 6.92 Å². The molecule has 122 valence electrons. The Hall–Kier alpha value is -1.98. The number of benzene rings is 1. The Kier molecular flexibility index (Phi) is 5.69. The average Bonchev–Trinajstić information content (AvgIpc) is 3.06. The van der Waals surface area contributed by atoms with Gasteiger partial charge < -0.3 is 10.4 Å². The maximum atomic E-state index is 12.0. The van der Waals surface area contributed by atoms with Crippen LogP contribution in [0.15, 0.2) is 41.1 Å². The fraction of sp³-hybridized carbons (Fsp3) is 0.333. The lowest BCUT2D eigenvalue weighted by Crippen LogP contribution is -2.38. The summed E-state index contributed by atoms with van der Waals surface area (Å²) < 4.78 is 0. The van der Waals surface area contributed by atoms with Gasteiger partial charge >= 0.3 is 0 Å². The lowest BCUT2D eigenvalue weighted by atomic mass is 9.99. The van der Waals surface area contributed by atoms with E-state index in [2.05, 4.69) is 5.32 Å². The summed E-state index contributed by atoms with van der Waals surface area (Å²) in [5.41, 5.74) is 1.39. The lowest BCUT2D eigenvalue weighted by Gasteiger charge is -2.22. The summed E-state index contributed by atoms with van der Waals surface area (Å²) >= 11 is 1.50. The molecule has 23 heavy (non-hydrogen) atoms. The molecule has 0 fully saturated rings. The van der Waals surface area contributed by atoms with Gasteiger partial charge in [-0.3, -0.25) is 9.59 Å².